The Kier molecular flexibility index (Phi) is 8.84. The van der Waals surface area contributed by atoms with E-state index in [-0.39, 0.29) is 0 Å². The van der Waals surface area contributed by atoms with E-state index in [1.807, 2.05) is 20.8 Å². The van der Waals surface area contributed by atoms with E-state index >= 15 is 0 Å². The van der Waals surface area contributed by atoms with Crippen molar-refractivity contribution in [2.24, 2.45) is 0 Å². The fourth-order valence-electron chi connectivity index (χ4n) is 2.73. The van der Waals surface area contributed by atoms with Gasteiger partial charge in [0.15, 0.2) is 0 Å². The number of benzene rings is 1. The molecule has 0 heterocycles. The molecular weight excluding hydrogens is 280 g/mol. The van der Waals surface area contributed by atoms with Crippen LogP contribution >= 0.6 is 0 Å². The maximum absolute atomic E-state index is 6.09. The lowest BCUT2D eigenvalue weighted by Gasteiger charge is -2.35. The third kappa shape index (κ3) is 5.55. The number of rotatable bonds is 11. The van der Waals surface area contributed by atoms with Crippen LogP contribution in [0.1, 0.15) is 46.1 Å². The van der Waals surface area contributed by atoms with Gasteiger partial charge >= 0.3 is 8.80 Å². The highest BCUT2D eigenvalue weighted by Crippen LogP contribution is 2.33. The first-order valence-corrected chi connectivity index (χ1v) is 9.98. The highest BCUT2D eigenvalue weighted by atomic mass is 28.4. The fraction of sp³-hybridized carbons (Fsp3) is 0.647. The van der Waals surface area contributed by atoms with Crippen molar-refractivity contribution in [3.63, 3.8) is 0 Å². The van der Waals surface area contributed by atoms with Crippen LogP contribution in [-0.2, 0) is 19.7 Å². The van der Waals surface area contributed by atoms with Gasteiger partial charge in [0.1, 0.15) is 0 Å². The molecule has 0 saturated carbocycles. The average molecular weight is 311 g/mol. The summed E-state index contributed by atoms with van der Waals surface area (Å²) in [5, 5.41) is 0. The van der Waals surface area contributed by atoms with Gasteiger partial charge in [0.25, 0.3) is 0 Å². The van der Waals surface area contributed by atoms with Crippen molar-refractivity contribution in [2.45, 2.75) is 52.5 Å². The first kappa shape index (κ1) is 18.4. The van der Waals surface area contributed by atoms with Crippen LogP contribution in [0.25, 0.3) is 0 Å². The Hall–Kier alpha value is -0.683. The van der Waals surface area contributed by atoms with Crippen LogP contribution in [0.15, 0.2) is 30.3 Å². The van der Waals surface area contributed by atoms with Crippen molar-refractivity contribution in [3.05, 3.63) is 35.9 Å². The number of hydrogen-bond acceptors (Lipinski definition) is 3. The smallest absolute Gasteiger partial charge is 0.374 e. The predicted octanol–water partition coefficient (Wildman–Crippen LogP) is 4.45. The molecule has 0 fully saturated rings. The molecule has 0 aliphatic carbocycles. The molecule has 0 spiro atoms. The minimum atomic E-state index is -2.63. The van der Waals surface area contributed by atoms with Gasteiger partial charge in [-0.05, 0) is 39.2 Å². The largest absolute Gasteiger partial charge is 0.504 e. The Balaban J connectivity index is 2.99. The molecule has 4 heteroatoms. The predicted molar refractivity (Wildman–Crippen MR) is 89.4 cm³/mol. The van der Waals surface area contributed by atoms with Gasteiger partial charge in [-0.2, -0.15) is 0 Å². The van der Waals surface area contributed by atoms with Crippen molar-refractivity contribution < 1.29 is 13.3 Å². The van der Waals surface area contributed by atoms with Gasteiger partial charge in [-0.1, -0.05) is 43.7 Å². The molecule has 0 aliphatic rings. The molecule has 1 aromatic rings. The Bertz CT molecular complexity index is 353. The van der Waals surface area contributed by atoms with Gasteiger partial charge in [0.05, 0.1) is 0 Å². The lowest BCUT2D eigenvalue weighted by atomic mass is 10.1. The zero-order valence-corrected chi connectivity index (χ0v) is 14.9. The fourth-order valence-corrected chi connectivity index (χ4v) is 6.03. The zero-order chi connectivity index (χ0) is 15.6. The average Bonchev–Trinajstić information content (AvgIpc) is 2.48. The van der Waals surface area contributed by atoms with E-state index in [9.17, 15) is 0 Å². The quantitative estimate of drug-likeness (QED) is 0.565. The monoisotopic (exact) mass is 310 g/mol. The van der Waals surface area contributed by atoms with Crippen molar-refractivity contribution in [1.82, 2.24) is 0 Å². The normalized spacial score (nSPS) is 13.3. The van der Waals surface area contributed by atoms with Crippen LogP contribution in [0, 0.1) is 0 Å². The molecule has 0 aromatic heterocycles. The standard InChI is InChI=1S/C17H30O3Si/c1-5-12-17(15-16-13-10-9-11-14-16)21(18-6-2,19-7-3)20-8-4/h9-11,13-14,17H,5-8,12,15H2,1-4H3. The molecule has 1 atom stereocenters. The van der Waals surface area contributed by atoms with E-state index in [4.69, 9.17) is 13.3 Å². The summed E-state index contributed by atoms with van der Waals surface area (Å²) in [7, 11) is -2.63. The second kappa shape index (κ2) is 10.1. The minimum absolute atomic E-state index is 0.324. The van der Waals surface area contributed by atoms with Crippen LogP contribution in [0.3, 0.4) is 0 Å². The molecule has 0 N–H and O–H groups in total. The Labute approximate surface area is 131 Å². The molecular formula is C17H30O3Si. The molecule has 0 amide bonds. The van der Waals surface area contributed by atoms with Crippen LogP contribution in [0.2, 0.25) is 5.54 Å². The molecule has 120 valence electrons. The Morgan fingerprint density at radius 3 is 1.81 bits per heavy atom. The van der Waals surface area contributed by atoms with Crippen molar-refractivity contribution >= 4 is 8.80 Å². The third-order valence-corrected chi connectivity index (χ3v) is 7.06. The minimum Gasteiger partial charge on any atom is -0.374 e. The zero-order valence-electron chi connectivity index (χ0n) is 13.9. The summed E-state index contributed by atoms with van der Waals surface area (Å²) in [5.41, 5.74) is 1.65. The van der Waals surface area contributed by atoms with Gasteiger partial charge in [-0.25, -0.2) is 0 Å². The van der Waals surface area contributed by atoms with E-state index < -0.39 is 8.80 Å². The first-order valence-electron chi connectivity index (χ1n) is 8.18. The third-order valence-electron chi connectivity index (χ3n) is 3.50. The summed E-state index contributed by atoms with van der Waals surface area (Å²) < 4.78 is 18.3. The summed E-state index contributed by atoms with van der Waals surface area (Å²) in [6.45, 7) is 10.2. The Morgan fingerprint density at radius 1 is 0.857 bits per heavy atom. The van der Waals surface area contributed by atoms with Crippen LogP contribution in [0.4, 0.5) is 0 Å². The molecule has 0 bridgehead atoms. The van der Waals surface area contributed by atoms with Gasteiger partial charge in [0.2, 0.25) is 0 Å². The van der Waals surface area contributed by atoms with Gasteiger partial charge < -0.3 is 13.3 Å². The van der Waals surface area contributed by atoms with E-state index in [1.54, 1.807) is 0 Å². The van der Waals surface area contributed by atoms with E-state index in [2.05, 4.69) is 37.3 Å². The summed E-state index contributed by atoms with van der Waals surface area (Å²) in [4.78, 5) is 0. The molecule has 0 radical (unpaired) electrons. The van der Waals surface area contributed by atoms with Crippen LogP contribution < -0.4 is 0 Å². The summed E-state index contributed by atoms with van der Waals surface area (Å²) in [6, 6.07) is 10.6. The van der Waals surface area contributed by atoms with Gasteiger partial charge in [-0.3, -0.25) is 0 Å². The molecule has 21 heavy (non-hydrogen) atoms. The summed E-state index contributed by atoms with van der Waals surface area (Å²) in [5.74, 6) is 0. The second-order valence-corrected chi connectivity index (χ2v) is 7.97. The summed E-state index contributed by atoms with van der Waals surface area (Å²) in [6.07, 6.45) is 3.14. The highest BCUT2D eigenvalue weighted by Gasteiger charge is 2.48. The van der Waals surface area contributed by atoms with Gasteiger partial charge in [0, 0.05) is 25.4 Å². The maximum Gasteiger partial charge on any atom is 0.504 e. The van der Waals surface area contributed by atoms with Crippen LogP contribution in [0.5, 0.6) is 0 Å². The Morgan fingerprint density at radius 2 is 1.38 bits per heavy atom. The SMILES string of the molecule is CCCC(Cc1ccccc1)[Si](OCC)(OCC)OCC. The highest BCUT2D eigenvalue weighted by molar-refractivity contribution is 6.62. The summed E-state index contributed by atoms with van der Waals surface area (Å²) >= 11 is 0. The van der Waals surface area contributed by atoms with Crippen molar-refractivity contribution in [2.75, 3.05) is 19.8 Å². The topological polar surface area (TPSA) is 27.7 Å². The molecule has 1 unspecified atom stereocenters. The van der Waals surface area contributed by atoms with Crippen molar-refractivity contribution in [3.8, 4) is 0 Å². The maximum atomic E-state index is 6.09. The van der Waals surface area contributed by atoms with Crippen molar-refractivity contribution in [1.29, 1.82) is 0 Å². The van der Waals surface area contributed by atoms with E-state index in [0.717, 1.165) is 19.3 Å². The van der Waals surface area contributed by atoms with Crippen LogP contribution in [-0.4, -0.2) is 28.6 Å². The van der Waals surface area contributed by atoms with Gasteiger partial charge in [-0.15, -0.1) is 0 Å². The van der Waals surface area contributed by atoms with E-state index in [0.29, 0.717) is 25.4 Å². The lowest BCUT2D eigenvalue weighted by Crippen LogP contribution is -2.51. The molecule has 1 rings (SSSR count). The number of hydrogen-bond donors (Lipinski definition) is 0. The second-order valence-electron chi connectivity index (χ2n) is 5.08. The molecule has 3 nitrogen and oxygen atoms in total. The first-order chi connectivity index (χ1) is 10.2. The molecule has 0 saturated heterocycles. The molecule has 1 aromatic carbocycles. The van der Waals surface area contributed by atoms with E-state index in [1.165, 1.54) is 5.56 Å². The molecule has 0 aliphatic heterocycles. The lowest BCUT2D eigenvalue weighted by molar-refractivity contribution is 0.0595.